The average molecular weight is 288 g/mol. The summed E-state index contributed by atoms with van der Waals surface area (Å²) in [7, 11) is 0. The lowest BCUT2D eigenvalue weighted by Gasteiger charge is -2.53. The molecule has 3 fully saturated rings. The van der Waals surface area contributed by atoms with Gasteiger partial charge in [-0.2, -0.15) is 0 Å². The van der Waals surface area contributed by atoms with E-state index >= 15 is 0 Å². The average Bonchev–Trinajstić information content (AvgIpc) is 2.90. The Balaban J connectivity index is 1.60. The molecule has 0 radical (unpaired) electrons. The van der Waals surface area contributed by atoms with E-state index in [1.165, 1.54) is 50.5 Å². The van der Waals surface area contributed by atoms with Crippen LogP contribution in [0, 0.1) is 29.1 Å². The molecule has 5 atom stereocenters. The molecule has 0 saturated heterocycles. The molecule has 0 bridgehead atoms. The molecule has 0 spiro atoms. The maximum Gasteiger partial charge on any atom is 0.155 e. The first-order chi connectivity index (χ1) is 10.2. The first-order valence-corrected chi connectivity index (χ1v) is 9.08. The summed E-state index contributed by atoms with van der Waals surface area (Å²) >= 11 is 0. The number of carbonyl (C=O) groups is 1. The van der Waals surface area contributed by atoms with Crippen LogP contribution in [0.4, 0.5) is 0 Å². The molecular formula is C19H28O2. The van der Waals surface area contributed by atoms with Crippen molar-refractivity contribution >= 4 is 5.78 Å². The van der Waals surface area contributed by atoms with Crippen molar-refractivity contribution in [2.45, 2.75) is 64.2 Å². The third-order valence-electron chi connectivity index (χ3n) is 7.44. The zero-order chi connectivity index (χ0) is 14.4. The Bertz CT molecular complexity index is 466. The van der Waals surface area contributed by atoms with Gasteiger partial charge in [-0.3, -0.25) is 4.79 Å². The fourth-order valence-corrected chi connectivity index (χ4v) is 6.63. The normalized spacial score (nSPS) is 45.6. The predicted octanol–water partition coefficient (Wildman–Crippen LogP) is 3.88. The van der Waals surface area contributed by atoms with Crippen LogP contribution in [-0.4, -0.2) is 17.5 Å². The van der Waals surface area contributed by atoms with E-state index in [9.17, 15) is 9.90 Å². The van der Waals surface area contributed by atoms with Crippen LogP contribution in [0.3, 0.4) is 0 Å². The molecule has 2 heteroatoms. The Morgan fingerprint density at radius 3 is 2.86 bits per heavy atom. The van der Waals surface area contributed by atoms with Gasteiger partial charge < -0.3 is 5.11 Å². The zero-order valence-corrected chi connectivity index (χ0v) is 13.0. The van der Waals surface area contributed by atoms with Gasteiger partial charge in [0.2, 0.25) is 0 Å². The van der Waals surface area contributed by atoms with Crippen molar-refractivity contribution in [3.63, 3.8) is 0 Å². The number of aliphatic hydroxyl groups is 1. The van der Waals surface area contributed by atoms with E-state index in [0.717, 1.165) is 37.0 Å². The van der Waals surface area contributed by atoms with Gasteiger partial charge in [0, 0.05) is 13.0 Å². The largest absolute Gasteiger partial charge is 0.396 e. The van der Waals surface area contributed by atoms with Gasteiger partial charge in [-0.05, 0) is 86.5 Å². The topological polar surface area (TPSA) is 37.3 Å². The molecular weight excluding hydrogens is 260 g/mol. The summed E-state index contributed by atoms with van der Waals surface area (Å²) in [6.45, 7) is 0.372. The summed E-state index contributed by atoms with van der Waals surface area (Å²) in [6, 6.07) is 0. The minimum absolute atomic E-state index is 0.367. The van der Waals surface area contributed by atoms with Crippen LogP contribution in [0.25, 0.3) is 0 Å². The van der Waals surface area contributed by atoms with Gasteiger partial charge in [0.25, 0.3) is 0 Å². The van der Waals surface area contributed by atoms with E-state index in [1.54, 1.807) is 0 Å². The highest BCUT2D eigenvalue weighted by atomic mass is 16.3. The molecule has 1 unspecified atom stereocenters. The minimum atomic E-state index is 0.367. The van der Waals surface area contributed by atoms with Crippen LogP contribution >= 0.6 is 0 Å². The molecule has 116 valence electrons. The van der Waals surface area contributed by atoms with Crippen LogP contribution in [0.2, 0.25) is 0 Å². The Morgan fingerprint density at radius 1 is 1.10 bits per heavy atom. The van der Waals surface area contributed by atoms with E-state index in [2.05, 4.69) is 0 Å². The molecule has 21 heavy (non-hydrogen) atoms. The van der Waals surface area contributed by atoms with Crippen molar-refractivity contribution in [2.24, 2.45) is 29.1 Å². The van der Waals surface area contributed by atoms with Crippen molar-refractivity contribution < 1.29 is 9.90 Å². The van der Waals surface area contributed by atoms with Gasteiger partial charge in [-0.25, -0.2) is 0 Å². The Kier molecular flexibility index (Phi) is 3.48. The number of carbonyl (C=O) groups excluding carboxylic acids is 1. The highest BCUT2D eigenvalue weighted by Gasteiger charge is 2.53. The van der Waals surface area contributed by atoms with Gasteiger partial charge in [-0.1, -0.05) is 12.0 Å². The third kappa shape index (κ3) is 2.13. The van der Waals surface area contributed by atoms with E-state index in [-0.39, 0.29) is 0 Å². The molecule has 0 aromatic heterocycles. The number of fused-ring (bicyclic) bond motifs is 5. The van der Waals surface area contributed by atoms with Gasteiger partial charge >= 0.3 is 0 Å². The Hall–Kier alpha value is -0.630. The number of ketones is 1. The summed E-state index contributed by atoms with van der Waals surface area (Å²) in [6.07, 6.45) is 14.2. The molecule has 0 aliphatic heterocycles. The summed E-state index contributed by atoms with van der Waals surface area (Å²) in [5.74, 6) is 3.67. The monoisotopic (exact) mass is 288 g/mol. The molecule has 3 saturated carbocycles. The smallest absolute Gasteiger partial charge is 0.155 e. The predicted molar refractivity (Wildman–Crippen MR) is 82.7 cm³/mol. The fraction of sp³-hybridized carbons (Fsp3) is 0.842. The van der Waals surface area contributed by atoms with Crippen molar-refractivity contribution in [3.8, 4) is 0 Å². The number of hydrogen-bond donors (Lipinski definition) is 1. The van der Waals surface area contributed by atoms with E-state index in [1.807, 2.05) is 6.08 Å². The van der Waals surface area contributed by atoms with Crippen LogP contribution in [0.15, 0.2) is 11.6 Å². The number of rotatable bonds is 2. The van der Waals surface area contributed by atoms with Crippen LogP contribution in [0.1, 0.15) is 64.2 Å². The number of aliphatic hydroxyl groups excluding tert-OH is 1. The molecule has 4 aliphatic rings. The summed E-state index contributed by atoms with van der Waals surface area (Å²) < 4.78 is 0. The van der Waals surface area contributed by atoms with E-state index in [0.29, 0.717) is 23.7 Å². The fourth-order valence-electron chi connectivity index (χ4n) is 6.63. The van der Waals surface area contributed by atoms with E-state index < -0.39 is 0 Å². The van der Waals surface area contributed by atoms with Gasteiger partial charge in [0.05, 0.1) is 0 Å². The van der Waals surface area contributed by atoms with Crippen LogP contribution in [-0.2, 0) is 4.79 Å². The van der Waals surface area contributed by atoms with Crippen molar-refractivity contribution in [3.05, 3.63) is 11.6 Å². The second-order valence-corrected chi connectivity index (χ2v) is 8.07. The molecule has 0 aromatic carbocycles. The first kappa shape index (κ1) is 14.0. The quantitative estimate of drug-likeness (QED) is 0.837. The van der Waals surface area contributed by atoms with E-state index in [4.69, 9.17) is 0 Å². The second kappa shape index (κ2) is 5.22. The lowest BCUT2D eigenvalue weighted by atomic mass is 9.51. The second-order valence-electron chi connectivity index (χ2n) is 8.07. The Labute approximate surface area is 128 Å². The van der Waals surface area contributed by atoms with Gasteiger partial charge in [0.1, 0.15) is 0 Å². The molecule has 4 rings (SSSR count). The summed E-state index contributed by atoms with van der Waals surface area (Å²) in [5, 5.41) is 9.53. The van der Waals surface area contributed by atoms with Crippen LogP contribution < -0.4 is 0 Å². The summed E-state index contributed by atoms with van der Waals surface area (Å²) in [5.41, 5.74) is 1.96. The minimum Gasteiger partial charge on any atom is -0.396 e. The molecule has 4 aliphatic carbocycles. The molecule has 2 nitrogen and oxygen atoms in total. The molecule has 0 amide bonds. The molecule has 0 aromatic rings. The van der Waals surface area contributed by atoms with Gasteiger partial charge in [-0.15, -0.1) is 0 Å². The van der Waals surface area contributed by atoms with Crippen LogP contribution in [0.5, 0.6) is 0 Å². The standard InChI is InChI=1S/C19H28O2/c20-11-10-19-8-1-2-18(19)17-5-3-13-12-14(21)4-6-15(13)16(17)7-9-19/h12,15-18,20H,1-11H2/t15-,16+,17+,18-,19?/m0/s1. The van der Waals surface area contributed by atoms with Gasteiger partial charge in [0.15, 0.2) is 5.78 Å². The zero-order valence-electron chi connectivity index (χ0n) is 13.0. The highest BCUT2D eigenvalue weighted by Crippen LogP contribution is 2.62. The maximum atomic E-state index is 11.7. The number of hydrogen-bond acceptors (Lipinski definition) is 2. The lowest BCUT2D eigenvalue weighted by Crippen LogP contribution is -2.46. The number of allylic oxidation sites excluding steroid dienone is 1. The van der Waals surface area contributed by atoms with Crippen molar-refractivity contribution in [1.29, 1.82) is 0 Å². The van der Waals surface area contributed by atoms with Crippen molar-refractivity contribution in [1.82, 2.24) is 0 Å². The lowest BCUT2D eigenvalue weighted by molar-refractivity contribution is -0.116. The van der Waals surface area contributed by atoms with Crippen molar-refractivity contribution in [2.75, 3.05) is 6.61 Å². The first-order valence-electron chi connectivity index (χ1n) is 9.08. The summed E-state index contributed by atoms with van der Waals surface area (Å²) in [4.78, 5) is 11.7. The highest BCUT2D eigenvalue weighted by molar-refractivity contribution is 5.91. The molecule has 1 N–H and O–H groups in total. The third-order valence-corrected chi connectivity index (χ3v) is 7.44. The SMILES string of the molecule is O=C1C=C2CC[C@@H]3[C@H](CCC4(CCO)CCC[C@@H]34)[C@H]2CC1. The Morgan fingerprint density at radius 2 is 2.00 bits per heavy atom. The molecule has 0 heterocycles. The maximum absolute atomic E-state index is 11.7.